The number of nitrogens with two attached hydrogens (primary N) is 1. The summed E-state index contributed by atoms with van der Waals surface area (Å²) >= 11 is 0. The van der Waals surface area contributed by atoms with Gasteiger partial charge in [-0.25, -0.2) is 4.39 Å². The summed E-state index contributed by atoms with van der Waals surface area (Å²) in [6.07, 6.45) is 0.457. The van der Waals surface area contributed by atoms with Crippen LogP contribution in [0.2, 0.25) is 0 Å². The SMILES string of the molecule is Nc1ccc(OC2CCc3ccccc3NC2=O)c(F)c1. The Kier molecular flexibility index (Phi) is 3.48. The molecule has 2 aromatic carbocycles. The minimum absolute atomic E-state index is 0.0373. The van der Waals surface area contributed by atoms with Gasteiger partial charge < -0.3 is 15.8 Å². The maximum atomic E-state index is 13.8. The number of hydrogen-bond donors (Lipinski definition) is 2. The molecule has 1 heterocycles. The van der Waals surface area contributed by atoms with Crippen molar-refractivity contribution >= 4 is 17.3 Å². The van der Waals surface area contributed by atoms with Gasteiger partial charge in [0, 0.05) is 17.4 Å². The van der Waals surface area contributed by atoms with Crippen LogP contribution in [-0.4, -0.2) is 12.0 Å². The van der Waals surface area contributed by atoms with Gasteiger partial charge in [-0.05, 0) is 36.6 Å². The van der Waals surface area contributed by atoms with Crippen molar-refractivity contribution in [2.75, 3.05) is 11.1 Å². The van der Waals surface area contributed by atoms with E-state index in [1.807, 2.05) is 24.3 Å². The van der Waals surface area contributed by atoms with E-state index in [4.69, 9.17) is 10.5 Å². The lowest BCUT2D eigenvalue weighted by Crippen LogP contribution is -2.32. The highest BCUT2D eigenvalue weighted by Crippen LogP contribution is 2.26. The first-order chi connectivity index (χ1) is 10.1. The minimum atomic E-state index is -0.726. The van der Waals surface area contributed by atoms with E-state index >= 15 is 0 Å². The molecule has 5 heteroatoms. The molecule has 0 fully saturated rings. The summed E-state index contributed by atoms with van der Waals surface area (Å²) in [6, 6.07) is 11.8. The Hall–Kier alpha value is -2.56. The van der Waals surface area contributed by atoms with Gasteiger partial charge in [0.15, 0.2) is 17.7 Å². The first-order valence-corrected chi connectivity index (χ1v) is 6.74. The molecule has 4 nitrogen and oxygen atoms in total. The molecule has 1 atom stereocenters. The zero-order chi connectivity index (χ0) is 14.8. The number of benzene rings is 2. The first-order valence-electron chi connectivity index (χ1n) is 6.74. The lowest BCUT2D eigenvalue weighted by Gasteiger charge is -2.16. The second-order valence-electron chi connectivity index (χ2n) is 4.98. The van der Waals surface area contributed by atoms with Crippen molar-refractivity contribution in [2.24, 2.45) is 0 Å². The fraction of sp³-hybridized carbons (Fsp3) is 0.188. The maximum Gasteiger partial charge on any atom is 0.265 e. The Labute approximate surface area is 121 Å². The van der Waals surface area contributed by atoms with E-state index in [9.17, 15) is 9.18 Å². The monoisotopic (exact) mass is 286 g/mol. The lowest BCUT2D eigenvalue weighted by atomic mass is 10.1. The number of nitrogens with one attached hydrogen (secondary N) is 1. The standard InChI is InChI=1S/C16H15FN2O2/c17-12-9-11(18)6-8-14(12)21-15-7-5-10-3-1-2-4-13(10)19-16(15)20/h1-4,6,8-9,15H,5,7,18H2,(H,19,20). The van der Waals surface area contributed by atoms with E-state index in [1.54, 1.807) is 6.07 Å². The molecule has 3 rings (SSSR count). The molecule has 1 aliphatic heterocycles. The van der Waals surface area contributed by atoms with Crippen molar-refractivity contribution in [1.82, 2.24) is 0 Å². The van der Waals surface area contributed by atoms with Crippen molar-refractivity contribution < 1.29 is 13.9 Å². The number of aryl methyl sites for hydroxylation is 1. The van der Waals surface area contributed by atoms with E-state index < -0.39 is 11.9 Å². The van der Waals surface area contributed by atoms with Gasteiger partial charge in [-0.3, -0.25) is 4.79 Å². The molecule has 0 saturated heterocycles. The smallest absolute Gasteiger partial charge is 0.265 e. The van der Waals surface area contributed by atoms with Gasteiger partial charge >= 0.3 is 0 Å². The van der Waals surface area contributed by atoms with Gasteiger partial charge in [0.25, 0.3) is 5.91 Å². The summed E-state index contributed by atoms with van der Waals surface area (Å²) in [6.45, 7) is 0. The third-order valence-corrected chi connectivity index (χ3v) is 3.47. The van der Waals surface area contributed by atoms with Crippen LogP contribution in [0.25, 0.3) is 0 Å². The molecule has 21 heavy (non-hydrogen) atoms. The van der Waals surface area contributed by atoms with E-state index in [-0.39, 0.29) is 11.7 Å². The van der Waals surface area contributed by atoms with Gasteiger partial charge in [-0.15, -0.1) is 0 Å². The number of fused-ring (bicyclic) bond motifs is 1. The molecule has 1 aliphatic rings. The summed E-state index contributed by atoms with van der Waals surface area (Å²) in [5, 5.41) is 2.81. The van der Waals surface area contributed by atoms with Crippen molar-refractivity contribution in [1.29, 1.82) is 0 Å². The minimum Gasteiger partial charge on any atom is -0.478 e. The molecule has 0 radical (unpaired) electrons. The highest BCUT2D eigenvalue weighted by molar-refractivity contribution is 5.95. The average Bonchev–Trinajstić information content (AvgIpc) is 2.61. The Morgan fingerprint density at radius 2 is 2.05 bits per heavy atom. The summed E-state index contributed by atoms with van der Waals surface area (Å²) in [7, 11) is 0. The number of carbonyl (C=O) groups is 1. The van der Waals surface area contributed by atoms with Crippen LogP contribution in [0.5, 0.6) is 5.75 Å². The number of anilines is 2. The summed E-state index contributed by atoms with van der Waals surface area (Å²) < 4.78 is 19.3. The zero-order valence-electron chi connectivity index (χ0n) is 11.3. The largest absolute Gasteiger partial charge is 0.478 e. The topological polar surface area (TPSA) is 64.3 Å². The highest BCUT2D eigenvalue weighted by atomic mass is 19.1. The number of halogens is 1. The molecule has 2 aromatic rings. The van der Waals surface area contributed by atoms with E-state index in [2.05, 4.69) is 5.32 Å². The van der Waals surface area contributed by atoms with Crippen molar-refractivity contribution in [3.8, 4) is 5.75 Å². The van der Waals surface area contributed by atoms with Gasteiger partial charge in [0.2, 0.25) is 0 Å². The maximum absolute atomic E-state index is 13.8. The molecule has 0 aliphatic carbocycles. The molecule has 0 saturated carbocycles. The van der Waals surface area contributed by atoms with Crippen LogP contribution < -0.4 is 15.8 Å². The van der Waals surface area contributed by atoms with Gasteiger partial charge in [0.1, 0.15) is 0 Å². The van der Waals surface area contributed by atoms with Gasteiger partial charge in [-0.2, -0.15) is 0 Å². The molecular formula is C16H15FN2O2. The molecule has 0 aromatic heterocycles. The highest BCUT2D eigenvalue weighted by Gasteiger charge is 2.25. The Morgan fingerprint density at radius 3 is 2.86 bits per heavy atom. The fourth-order valence-corrected chi connectivity index (χ4v) is 2.37. The quantitative estimate of drug-likeness (QED) is 0.834. The van der Waals surface area contributed by atoms with Crippen LogP contribution in [0.4, 0.5) is 15.8 Å². The summed E-state index contributed by atoms with van der Waals surface area (Å²) in [5.74, 6) is -0.795. The Bertz CT molecular complexity index is 688. The van der Waals surface area contributed by atoms with Crippen LogP contribution in [0.15, 0.2) is 42.5 Å². The van der Waals surface area contributed by atoms with Crippen molar-refractivity contribution in [3.05, 3.63) is 53.8 Å². The molecule has 1 amide bonds. The molecule has 1 unspecified atom stereocenters. The zero-order valence-corrected chi connectivity index (χ0v) is 11.3. The third-order valence-electron chi connectivity index (χ3n) is 3.47. The van der Waals surface area contributed by atoms with E-state index in [0.717, 1.165) is 11.3 Å². The number of hydrogen-bond acceptors (Lipinski definition) is 3. The second kappa shape index (κ2) is 5.44. The Balaban J connectivity index is 1.80. The number of amides is 1. The first kappa shape index (κ1) is 13.4. The van der Waals surface area contributed by atoms with Crippen LogP contribution >= 0.6 is 0 Å². The van der Waals surface area contributed by atoms with Crippen molar-refractivity contribution in [2.45, 2.75) is 18.9 Å². The van der Waals surface area contributed by atoms with Gasteiger partial charge in [0.05, 0.1) is 0 Å². The van der Waals surface area contributed by atoms with Gasteiger partial charge in [-0.1, -0.05) is 18.2 Å². The number of carbonyl (C=O) groups excluding carboxylic acids is 1. The summed E-state index contributed by atoms with van der Waals surface area (Å²) in [5.41, 5.74) is 7.65. The van der Waals surface area contributed by atoms with E-state index in [1.165, 1.54) is 12.1 Å². The third kappa shape index (κ3) is 2.81. The predicted molar refractivity (Wildman–Crippen MR) is 78.6 cm³/mol. The molecule has 0 spiro atoms. The Morgan fingerprint density at radius 1 is 1.24 bits per heavy atom. The number of rotatable bonds is 2. The number of nitrogen functional groups attached to an aromatic ring is 1. The number of ether oxygens (including phenoxy) is 1. The molecular weight excluding hydrogens is 271 g/mol. The fourth-order valence-electron chi connectivity index (χ4n) is 2.37. The van der Waals surface area contributed by atoms with Crippen LogP contribution in [-0.2, 0) is 11.2 Å². The van der Waals surface area contributed by atoms with E-state index in [0.29, 0.717) is 18.5 Å². The number of para-hydroxylation sites is 1. The molecule has 108 valence electrons. The molecule has 0 bridgehead atoms. The normalized spacial score (nSPS) is 17.6. The van der Waals surface area contributed by atoms with Crippen molar-refractivity contribution in [3.63, 3.8) is 0 Å². The predicted octanol–water partition coefficient (Wildman–Crippen LogP) is 2.74. The second-order valence-corrected chi connectivity index (χ2v) is 4.98. The van der Waals surface area contributed by atoms with Crippen LogP contribution in [0.3, 0.4) is 0 Å². The molecule has 3 N–H and O–H groups in total. The summed E-state index contributed by atoms with van der Waals surface area (Å²) in [4.78, 5) is 12.2. The average molecular weight is 286 g/mol. The van der Waals surface area contributed by atoms with Crippen LogP contribution in [0.1, 0.15) is 12.0 Å². The van der Waals surface area contributed by atoms with Crippen LogP contribution in [0, 0.1) is 5.82 Å². The lowest BCUT2D eigenvalue weighted by molar-refractivity contribution is -0.122.